The molecule has 4 rings (SSSR count). The minimum absolute atomic E-state index is 0.118. The number of hydrogen-bond donors (Lipinski definition) is 1. The standard InChI is InChI=1S/C26H30N2O2/c27-19-26(21-10-5-2-6-11-21,24-13-7-12-23(24)25(29)30)22-14-16-28(17-15-22)18-20-8-3-1-4-9-20/h1-6,8-11,22-24H,7,12-18H2,(H,29,30)/t23-,24-,26?/m0/s1. The number of aliphatic carboxylic acids is 1. The van der Waals surface area contributed by atoms with Gasteiger partial charge in [-0.15, -0.1) is 0 Å². The number of carbonyl (C=O) groups is 1. The quantitative estimate of drug-likeness (QED) is 0.749. The first-order chi connectivity index (χ1) is 14.6. The van der Waals surface area contributed by atoms with Crippen LogP contribution in [0.3, 0.4) is 0 Å². The monoisotopic (exact) mass is 402 g/mol. The highest BCUT2D eigenvalue weighted by molar-refractivity contribution is 5.71. The van der Waals surface area contributed by atoms with Crippen LogP contribution in [0.5, 0.6) is 0 Å². The highest BCUT2D eigenvalue weighted by Gasteiger charge is 2.53. The van der Waals surface area contributed by atoms with Gasteiger partial charge in [0.25, 0.3) is 0 Å². The van der Waals surface area contributed by atoms with Gasteiger partial charge >= 0.3 is 5.97 Å². The number of hydrogen-bond acceptors (Lipinski definition) is 3. The third-order valence-electron chi connectivity index (χ3n) is 7.34. The Labute approximate surface area is 179 Å². The van der Waals surface area contributed by atoms with E-state index in [1.165, 1.54) is 5.56 Å². The molecule has 4 nitrogen and oxygen atoms in total. The molecule has 2 aliphatic rings. The smallest absolute Gasteiger partial charge is 0.306 e. The van der Waals surface area contributed by atoms with Crippen LogP contribution in [0.4, 0.5) is 0 Å². The molecule has 3 atom stereocenters. The molecule has 1 N–H and O–H groups in total. The summed E-state index contributed by atoms with van der Waals surface area (Å²) in [6.07, 6.45) is 4.26. The molecule has 1 aliphatic carbocycles. The maximum atomic E-state index is 12.0. The maximum Gasteiger partial charge on any atom is 0.306 e. The lowest BCUT2D eigenvalue weighted by Crippen LogP contribution is -2.48. The van der Waals surface area contributed by atoms with Crippen LogP contribution in [0, 0.1) is 29.1 Å². The van der Waals surface area contributed by atoms with Crippen molar-refractivity contribution in [3.05, 3.63) is 71.8 Å². The van der Waals surface area contributed by atoms with Crippen molar-refractivity contribution in [2.45, 2.75) is 44.1 Å². The molecule has 156 valence electrons. The zero-order valence-corrected chi connectivity index (χ0v) is 17.4. The minimum atomic E-state index is -0.741. The first-order valence-corrected chi connectivity index (χ1v) is 11.1. The molecule has 0 radical (unpaired) electrons. The van der Waals surface area contributed by atoms with E-state index in [9.17, 15) is 15.2 Å². The Morgan fingerprint density at radius 2 is 1.63 bits per heavy atom. The Morgan fingerprint density at radius 1 is 1.00 bits per heavy atom. The van der Waals surface area contributed by atoms with Crippen LogP contribution in [0.2, 0.25) is 0 Å². The van der Waals surface area contributed by atoms with Gasteiger partial charge in [0.15, 0.2) is 0 Å². The number of carboxylic acid groups (broad SMARTS) is 1. The number of nitriles is 1. The zero-order valence-electron chi connectivity index (χ0n) is 17.4. The Bertz CT molecular complexity index is 884. The van der Waals surface area contributed by atoms with E-state index in [1.54, 1.807) is 0 Å². The molecule has 1 saturated heterocycles. The van der Waals surface area contributed by atoms with Crippen LogP contribution in [0.15, 0.2) is 60.7 Å². The number of benzene rings is 2. The maximum absolute atomic E-state index is 12.0. The summed E-state index contributed by atoms with van der Waals surface area (Å²) < 4.78 is 0. The summed E-state index contributed by atoms with van der Waals surface area (Å²) in [7, 11) is 0. The topological polar surface area (TPSA) is 64.3 Å². The van der Waals surface area contributed by atoms with E-state index in [2.05, 4.69) is 35.2 Å². The molecule has 1 saturated carbocycles. The van der Waals surface area contributed by atoms with Crippen molar-refractivity contribution < 1.29 is 9.90 Å². The van der Waals surface area contributed by atoms with Crippen LogP contribution in [0.25, 0.3) is 0 Å². The van der Waals surface area contributed by atoms with E-state index in [0.29, 0.717) is 6.42 Å². The van der Waals surface area contributed by atoms with Crippen molar-refractivity contribution in [2.75, 3.05) is 13.1 Å². The van der Waals surface area contributed by atoms with Crippen LogP contribution >= 0.6 is 0 Å². The number of rotatable bonds is 6. The highest BCUT2D eigenvalue weighted by Crippen LogP contribution is 2.52. The number of carboxylic acids is 1. The van der Waals surface area contributed by atoms with Crippen molar-refractivity contribution in [1.29, 1.82) is 5.26 Å². The normalized spacial score (nSPS) is 24.8. The van der Waals surface area contributed by atoms with Gasteiger partial charge in [0.2, 0.25) is 0 Å². The fraction of sp³-hybridized carbons (Fsp3) is 0.462. The average molecular weight is 403 g/mol. The highest BCUT2D eigenvalue weighted by atomic mass is 16.4. The summed E-state index contributed by atoms with van der Waals surface area (Å²) in [5.74, 6) is -1.10. The molecule has 0 amide bonds. The number of nitrogens with zero attached hydrogens (tertiary/aromatic N) is 2. The van der Waals surface area contributed by atoms with Gasteiger partial charge in [-0.3, -0.25) is 9.69 Å². The van der Waals surface area contributed by atoms with E-state index in [-0.39, 0.29) is 11.8 Å². The Morgan fingerprint density at radius 3 is 2.23 bits per heavy atom. The lowest BCUT2D eigenvalue weighted by Gasteiger charge is -2.45. The van der Waals surface area contributed by atoms with E-state index in [4.69, 9.17) is 0 Å². The van der Waals surface area contributed by atoms with Gasteiger partial charge in [-0.25, -0.2) is 0 Å². The van der Waals surface area contributed by atoms with Crippen molar-refractivity contribution >= 4 is 5.97 Å². The Kier molecular flexibility index (Phi) is 6.20. The molecule has 1 heterocycles. The van der Waals surface area contributed by atoms with Crippen LogP contribution in [0.1, 0.15) is 43.2 Å². The van der Waals surface area contributed by atoms with E-state index in [0.717, 1.165) is 50.9 Å². The predicted molar refractivity (Wildman–Crippen MR) is 117 cm³/mol. The van der Waals surface area contributed by atoms with Crippen molar-refractivity contribution in [1.82, 2.24) is 4.90 Å². The third kappa shape index (κ3) is 3.87. The van der Waals surface area contributed by atoms with Gasteiger partial charge in [0.1, 0.15) is 0 Å². The number of likely N-dealkylation sites (tertiary alicyclic amines) is 1. The van der Waals surface area contributed by atoms with Gasteiger partial charge in [-0.2, -0.15) is 5.26 Å². The van der Waals surface area contributed by atoms with Gasteiger partial charge in [0.05, 0.1) is 17.4 Å². The minimum Gasteiger partial charge on any atom is -0.481 e. The average Bonchev–Trinajstić information content (AvgIpc) is 3.28. The fourth-order valence-electron chi connectivity index (χ4n) is 5.89. The molecular weight excluding hydrogens is 372 g/mol. The van der Waals surface area contributed by atoms with Crippen LogP contribution in [-0.2, 0) is 16.8 Å². The largest absolute Gasteiger partial charge is 0.481 e. The summed E-state index contributed by atoms with van der Waals surface area (Å²) in [6, 6.07) is 23.2. The van der Waals surface area contributed by atoms with E-state index < -0.39 is 17.3 Å². The Hall–Kier alpha value is -2.64. The third-order valence-corrected chi connectivity index (χ3v) is 7.34. The molecule has 1 unspecified atom stereocenters. The van der Waals surface area contributed by atoms with E-state index >= 15 is 0 Å². The lowest BCUT2D eigenvalue weighted by atomic mass is 9.58. The summed E-state index contributed by atoms with van der Waals surface area (Å²) in [6.45, 7) is 2.82. The second kappa shape index (κ2) is 9.02. The predicted octanol–water partition coefficient (Wildman–Crippen LogP) is 4.86. The van der Waals surface area contributed by atoms with Crippen molar-refractivity contribution in [3.63, 3.8) is 0 Å². The Balaban J connectivity index is 1.60. The fourth-order valence-corrected chi connectivity index (χ4v) is 5.89. The molecular formula is C26H30N2O2. The molecule has 2 aromatic carbocycles. The lowest BCUT2D eigenvalue weighted by molar-refractivity contribution is -0.144. The van der Waals surface area contributed by atoms with Gasteiger partial charge in [-0.05, 0) is 61.7 Å². The molecule has 1 aliphatic heterocycles. The second-order valence-electron chi connectivity index (χ2n) is 8.86. The molecule has 2 fully saturated rings. The molecule has 0 bridgehead atoms. The molecule has 2 aromatic rings. The van der Waals surface area contributed by atoms with E-state index in [1.807, 2.05) is 36.4 Å². The first kappa shape index (κ1) is 20.6. The van der Waals surface area contributed by atoms with Gasteiger partial charge in [-0.1, -0.05) is 67.1 Å². The van der Waals surface area contributed by atoms with Crippen LogP contribution < -0.4 is 0 Å². The van der Waals surface area contributed by atoms with Crippen molar-refractivity contribution in [2.24, 2.45) is 17.8 Å². The van der Waals surface area contributed by atoms with Gasteiger partial charge in [0, 0.05) is 6.54 Å². The molecule has 4 heteroatoms. The van der Waals surface area contributed by atoms with Crippen LogP contribution in [-0.4, -0.2) is 29.1 Å². The summed E-state index contributed by atoms with van der Waals surface area (Å²) in [4.78, 5) is 14.5. The second-order valence-corrected chi connectivity index (χ2v) is 8.86. The molecule has 0 aromatic heterocycles. The number of piperidine rings is 1. The van der Waals surface area contributed by atoms with Gasteiger partial charge < -0.3 is 5.11 Å². The molecule has 30 heavy (non-hydrogen) atoms. The molecule has 0 spiro atoms. The zero-order chi connectivity index (χ0) is 21.0. The summed E-state index contributed by atoms with van der Waals surface area (Å²) in [5, 5.41) is 20.5. The SMILES string of the molecule is N#CC(c1ccccc1)(C1CCN(Cc2ccccc2)CC1)[C@H]1CCC[C@@H]1C(=O)O. The van der Waals surface area contributed by atoms with Crippen molar-refractivity contribution in [3.8, 4) is 6.07 Å². The summed E-state index contributed by atoms with van der Waals surface area (Å²) >= 11 is 0. The summed E-state index contributed by atoms with van der Waals surface area (Å²) in [5.41, 5.74) is 1.60. The first-order valence-electron chi connectivity index (χ1n) is 11.1.